The van der Waals surface area contributed by atoms with E-state index in [4.69, 9.17) is 21.1 Å². The SMILES string of the molecule is CC1(C)C(NC(=O)c2ccc(C3CCN(CCOC4CCN(C(=O)C5CN(c6ccc7nnn(C8CCC(=O)NC8=O)c(=O)c7c6)C5)CC4)CC3)cc2)C(C)(C)C1Oc1ccc(C#N)c(Cl)c1. The second kappa shape index (κ2) is 18.7. The Morgan fingerprint density at radius 2 is 1.63 bits per heavy atom. The van der Waals surface area contributed by atoms with E-state index < -0.39 is 17.5 Å². The molecule has 0 spiro atoms. The maximum Gasteiger partial charge on any atom is 0.278 e. The van der Waals surface area contributed by atoms with E-state index in [9.17, 15) is 29.2 Å². The smallest absolute Gasteiger partial charge is 0.278 e. The van der Waals surface area contributed by atoms with Crippen molar-refractivity contribution in [1.82, 2.24) is 35.4 Å². The first-order valence-electron chi connectivity index (χ1n) is 23.5. The fourth-order valence-corrected chi connectivity index (χ4v) is 11.5. The zero-order chi connectivity index (χ0) is 47.2. The Kier molecular flexibility index (Phi) is 12.9. The van der Waals surface area contributed by atoms with Crippen LogP contribution in [0.3, 0.4) is 0 Å². The lowest BCUT2D eigenvalue weighted by Gasteiger charge is -2.63. The van der Waals surface area contributed by atoms with Crippen molar-refractivity contribution in [3.8, 4) is 11.8 Å². The lowest BCUT2D eigenvalue weighted by molar-refractivity contribution is -0.164. The number of imide groups is 1. The van der Waals surface area contributed by atoms with Crippen molar-refractivity contribution in [3.05, 3.63) is 92.7 Å². The van der Waals surface area contributed by atoms with Gasteiger partial charge in [0.25, 0.3) is 17.4 Å². The molecule has 4 aliphatic heterocycles. The number of fused-ring (bicyclic) bond motifs is 1. The highest BCUT2D eigenvalue weighted by molar-refractivity contribution is 6.31. The summed E-state index contributed by atoms with van der Waals surface area (Å²) in [4.78, 5) is 70.8. The van der Waals surface area contributed by atoms with Crippen LogP contribution in [0.1, 0.15) is 99.7 Å². The molecule has 1 unspecified atom stereocenters. The highest BCUT2D eigenvalue weighted by Crippen LogP contribution is 2.55. The summed E-state index contributed by atoms with van der Waals surface area (Å²) in [6.07, 6.45) is 3.97. The third kappa shape index (κ3) is 9.25. The summed E-state index contributed by atoms with van der Waals surface area (Å²) in [5, 5.41) is 23.6. The average Bonchev–Trinajstić information content (AvgIpc) is 3.30. The summed E-state index contributed by atoms with van der Waals surface area (Å²) >= 11 is 6.26. The summed E-state index contributed by atoms with van der Waals surface area (Å²) in [5.41, 5.74) is 2.37. The van der Waals surface area contributed by atoms with E-state index in [1.807, 2.05) is 23.1 Å². The van der Waals surface area contributed by atoms with E-state index in [1.54, 1.807) is 30.3 Å². The lowest BCUT2D eigenvalue weighted by atomic mass is 9.49. The third-order valence-corrected chi connectivity index (χ3v) is 15.3. The van der Waals surface area contributed by atoms with Crippen molar-refractivity contribution < 1.29 is 28.7 Å². The summed E-state index contributed by atoms with van der Waals surface area (Å²) in [6.45, 7) is 14.3. The van der Waals surface area contributed by atoms with Crippen molar-refractivity contribution in [2.45, 2.75) is 96.4 Å². The van der Waals surface area contributed by atoms with Crippen molar-refractivity contribution in [2.24, 2.45) is 16.7 Å². The van der Waals surface area contributed by atoms with E-state index in [1.165, 1.54) is 5.56 Å². The van der Waals surface area contributed by atoms with Gasteiger partial charge in [0.05, 0.1) is 34.6 Å². The van der Waals surface area contributed by atoms with Crippen molar-refractivity contribution in [3.63, 3.8) is 0 Å². The van der Waals surface area contributed by atoms with Gasteiger partial charge in [0.15, 0.2) is 0 Å². The molecule has 1 saturated carbocycles. The number of hydrogen-bond acceptors (Lipinski definition) is 12. The van der Waals surface area contributed by atoms with E-state index in [0.29, 0.717) is 71.5 Å². The highest BCUT2D eigenvalue weighted by atomic mass is 35.5. The molecule has 1 atom stereocenters. The Balaban J connectivity index is 0.671. The molecular formula is C50H58ClN9O7. The van der Waals surface area contributed by atoms with Gasteiger partial charge in [-0.2, -0.15) is 9.94 Å². The van der Waals surface area contributed by atoms with E-state index in [-0.39, 0.29) is 65.6 Å². The summed E-state index contributed by atoms with van der Waals surface area (Å²) in [5.74, 6) is 0.0325. The van der Waals surface area contributed by atoms with E-state index >= 15 is 0 Å². The van der Waals surface area contributed by atoms with Crippen LogP contribution in [-0.2, 0) is 19.1 Å². The Labute approximate surface area is 394 Å². The summed E-state index contributed by atoms with van der Waals surface area (Å²) in [6, 6.07) is 19.6. The number of benzene rings is 3. The van der Waals surface area contributed by atoms with Gasteiger partial charge in [0.2, 0.25) is 11.8 Å². The molecule has 4 aromatic rings. The molecule has 3 aromatic carbocycles. The van der Waals surface area contributed by atoms with Gasteiger partial charge < -0.3 is 29.5 Å². The molecule has 5 aliphatic rings. The number of aromatic nitrogens is 3. The predicted molar refractivity (Wildman–Crippen MR) is 251 cm³/mol. The van der Waals surface area contributed by atoms with Crippen molar-refractivity contribution in [1.29, 1.82) is 5.26 Å². The van der Waals surface area contributed by atoms with Crippen LogP contribution in [-0.4, -0.2) is 119 Å². The number of ether oxygens (including phenoxy) is 2. The number of carbonyl (C=O) groups excluding carboxylic acids is 4. The number of anilines is 1. The average molecular weight is 933 g/mol. The first-order valence-corrected chi connectivity index (χ1v) is 23.9. The Morgan fingerprint density at radius 3 is 2.30 bits per heavy atom. The predicted octanol–water partition coefficient (Wildman–Crippen LogP) is 5.23. The molecule has 1 aromatic heterocycles. The minimum atomic E-state index is -0.890. The highest BCUT2D eigenvalue weighted by Gasteiger charge is 2.64. The van der Waals surface area contributed by atoms with Gasteiger partial charge >= 0.3 is 0 Å². The second-order valence-corrected chi connectivity index (χ2v) is 20.5. The number of nitrogens with zero attached hydrogens (tertiary/aromatic N) is 7. The standard InChI is InChI=1S/C50H58ClN9O7/c1-49(2)47(50(3,4)48(49)67-37-11-9-33(27-52)39(51)26-37)54-43(62)32-7-5-30(6-8-32)31-15-19-57(20-16-31)23-24-66-36-17-21-58(22-18-36)45(64)34-28-59(29-34)35-10-12-40-38(25-35)46(65)60(56-55-40)41-13-14-42(61)53-44(41)63/h5-12,25-26,31,34,36,41,47-48H,13-24,28-29H2,1-4H3,(H,54,62)(H,53,61,63). The number of likely N-dealkylation sites (tertiary alicyclic amines) is 2. The van der Waals surface area contributed by atoms with Crippen molar-refractivity contribution >= 4 is 51.8 Å². The number of nitriles is 1. The maximum atomic E-state index is 13.5. The largest absolute Gasteiger partial charge is 0.489 e. The van der Waals surface area contributed by atoms with Gasteiger partial charge in [0, 0.05) is 73.3 Å². The molecule has 16 nitrogen and oxygen atoms in total. The lowest BCUT2D eigenvalue weighted by Crippen LogP contribution is -2.74. The van der Waals surface area contributed by atoms with Crippen LogP contribution < -0.4 is 25.8 Å². The molecule has 5 fully saturated rings. The zero-order valence-electron chi connectivity index (χ0n) is 38.5. The van der Waals surface area contributed by atoms with Gasteiger partial charge in [-0.15, -0.1) is 5.10 Å². The first kappa shape index (κ1) is 46.2. The van der Waals surface area contributed by atoms with Crippen LogP contribution in [0.15, 0.2) is 65.5 Å². The quantitative estimate of drug-likeness (QED) is 0.176. The van der Waals surface area contributed by atoms with Crippen LogP contribution in [0.4, 0.5) is 5.69 Å². The summed E-state index contributed by atoms with van der Waals surface area (Å²) in [7, 11) is 0. The number of amides is 4. The molecule has 1 aliphatic carbocycles. The molecule has 4 saturated heterocycles. The number of halogens is 1. The molecular weight excluding hydrogens is 874 g/mol. The fourth-order valence-electron chi connectivity index (χ4n) is 11.3. The maximum absolute atomic E-state index is 13.5. The number of rotatable bonds is 12. The monoisotopic (exact) mass is 931 g/mol. The van der Waals surface area contributed by atoms with Crippen LogP contribution in [0, 0.1) is 28.1 Å². The van der Waals surface area contributed by atoms with Gasteiger partial charge in [-0.1, -0.05) is 56.6 Å². The minimum absolute atomic E-state index is 0.101. The van der Waals surface area contributed by atoms with E-state index in [0.717, 1.165) is 55.7 Å². The molecule has 0 radical (unpaired) electrons. The van der Waals surface area contributed by atoms with Gasteiger partial charge in [-0.25, -0.2) is 0 Å². The molecule has 67 heavy (non-hydrogen) atoms. The van der Waals surface area contributed by atoms with Crippen LogP contribution in [0.25, 0.3) is 10.9 Å². The number of nitrogens with one attached hydrogen (secondary N) is 2. The molecule has 17 heteroatoms. The number of carbonyl (C=O) groups is 4. The summed E-state index contributed by atoms with van der Waals surface area (Å²) < 4.78 is 13.8. The van der Waals surface area contributed by atoms with Crippen LogP contribution in [0.5, 0.6) is 5.75 Å². The number of hydrogen-bond donors (Lipinski definition) is 2. The topological polar surface area (TPSA) is 192 Å². The Bertz CT molecular complexity index is 2640. The molecule has 9 rings (SSSR count). The van der Waals surface area contributed by atoms with Gasteiger partial charge in [0.1, 0.15) is 29.5 Å². The van der Waals surface area contributed by atoms with Gasteiger partial charge in [-0.05, 0) is 99.1 Å². The molecule has 2 N–H and O–H groups in total. The Hall–Kier alpha value is -5.89. The first-order chi connectivity index (χ1) is 32.1. The molecule has 352 valence electrons. The fraction of sp³-hybridized carbons (Fsp3) is 0.520. The minimum Gasteiger partial charge on any atom is -0.489 e. The molecule has 5 heterocycles. The normalized spacial score (nSPS) is 23.5. The Morgan fingerprint density at radius 1 is 0.910 bits per heavy atom. The molecule has 4 amide bonds. The van der Waals surface area contributed by atoms with Crippen molar-refractivity contribution in [2.75, 3.05) is 57.3 Å². The van der Waals surface area contributed by atoms with Gasteiger partial charge in [-0.3, -0.25) is 29.3 Å². The zero-order valence-corrected chi connectivity index (χ0v) is 39.3. The van der Waals surface area contributed by atoms with Crippen LogP contribution >= 0.6 is 11.6 Å². The molecule has 0 bridgehead atoms. The third-order valence-electron chi connectivity index (χ3n) is 14.9. The van der Waals surface area contributed by atoms with Crippen LogP contribution in [0.2, 0.25) is 5.02 Å². The second-order valence-electron chi connectivity index (χ2n) is 20.0. The number of piperidine rings is 3. The van der Waals surface area contributed by atoms with E-state index in [2.05, 4.69) is 76.6 Å².